The predicted octanol–water partition coefficient (Wildman–Crippen LogP) is 0.743. The summed E-state index contributed by atoms with van der Waals surface area (Å²) in [6.45, 7) is 5.68. The number of pyridine rings is 1. The monoisotopic (exact) mass is 398 g/mol. The van der Waals surface area contributed by atoms with Crippen molar-refractivity contribution in [3.63, 3.8) is 0 Å². The number of rotatable bonds is 5. The fraction of sp³-hybridized carbons (Fsp3) is 0.500. The second kappa shape index (κ2) is 9.25. The molecule has 0 saturated carbocycles. The highest BCUT2D eigenvalue weighted by Crippen LogP contribution is 2.24. The second-order valence-corrected chi connectivity index (χ2v) is 7.18. The Bertz CT molecular complexity index is 825. The first kappa shape index (κ1) is 19.7. The van der Waals surface area contributed by atoms with E-state index in [2.05, 4.69) is 14.9 Å². The van der Waals surface area contributed by atoms with Crippen LogP contribution in [0, 0.1) is 0 Å². The number of nitrogens with zero attached hydrogens (tertiary/aromatic N) is 5. The topological polar surface area (TPSA) is 107 Å². The maximum Gasteiger partial charge on any atom is 0.224 e. The van der Waals surface area contributed by atoms with Crippen molar-refractivity contribution in [1.29, 1.82) is 0 Å². The first-order valence-corrected chi connectivity index (χ1v) is 9.93. The molecule has 0 aliphatic carbocycles. The van der Waals surface area contributed by atoms with Crippen molar-refractivity contribution in [2.45, 2.75) is 12.5 Å². The SMILES string of the molecule is Nc1ncc(-c2cccc([C@@H]3CN(C(=O)CCN4CCOCC4)CCO3)n2)cn1. The lowest BCUT2D eigenvalue weighted by Gasteiger charge is -2.33. The highest BCUT2D eigenvalue weighted by molar-refractivity contribution is 5.76. The van der Waals surface area contributed by atoms with Crippen LogP contribution in [0.15, 0.2) is 30.6 Å². The summed E-state index contributed by atoms with van der Waals surface area (Å²) >= 11 is 0. The average Bonchev–Trinajstić information content (AvgIpc) is 2.79. The van der Waals surface area contributed by atoms with Gasteiger partial charge in [0.25, 0.3) is 0 Å². The molecule has 2 aliphatic rings. The second-order valence-electron chi connectivity index (χ2n) is 7.18. The van der Waals surface area contributed by atoms with Crippen LogP contribution in [-0.4, -0.2) is 83.2 Å². The molecule has 9 nitrogen and oxygen atoms in total. The van der Waals surface area contributed by atoms with Crippen LogP contribution in [0.5, 0.6) is 0 Å². The van der Waals surface area contributed by atoms with Gasteiger partial charge in [-0.25, -0.2) is 15.0 Å². The van der Waals surface area contributed by atoms with Crippen LogP contribution in [0.2, 0.25) is 0 Å². The number of ether oxygens (including phenoxy) is 2. The van der Waals surface area contributed by atoms with Gasteiger partial charge in [0.1, 0.15) is 6.10 Å². The number of hydrogen-bond acceptors (Lipinski definition) is 8. The van der Waals surface area contributed by atoms with Crippen LogP contribution in [0.3, 0.4) is 0 Å². The fourth-order valence-electron chi connectivity index (χ4n) is 3.55. The zero-order chi connectivity index (χ0) is 20.1. The van der Waals surface area contributed by atoms with Gasteiger partial charge in [-0.3, -0.25) is 9.69 Å². The van der Waals surface area contributed by atoms with Crippen molar-refractivity contribution in [2.24, 2.45) is 0 Å². The molecule has 2 fully saturated rings. The number of nitrogens with two attached hydrogens (primary N) is 1. The molecule has 1 amide bonds. The molecular formula is C20H26N6O3. The number of carbonyl (C=O) groups is 1. The molecule has 0 radical (unpaired) electrons. The Balaban J connectivity index is 1.38. The van der Waals surface area contributed by atoms with E-state index < -0.39 is 0 Å². The Labute approximate surface area is 169 Å². The Morgan fingerprint density at radius 2 is 1.93 bits per heavy atom. The average molecular weight is 398 g/mol. The van der Waals surface area contributed by atoms with Gasteiger partial charge in [-0.2, -0.15) is 0 Å². The standard InChI is InChI=1S/C20H26N6O3/c21-20-22-12-15(13-23-20)16-2-1-3-17(24-16)18-14-26(8-11-29-18)19(27)4-5-25-6-9-28-10-7-25/h1-3,12-13,18H,4-11,14H2,(H2,21,22,23)/t18-/m0/s1. The van der Waals surface area contributed by atoms with Crippen LogP contribution in [-0.2, 0) is 14.3 Å². The van der Waals surface area contributed by atoms with Crippen molar-refractivity contribution >= 4 is 11.9 Å². The summed E-state index contributed by atoms with van der Waals surface area (Å²) < 4.78 is 11.3. The highest BCUT2D eigenvalue weighted by atomic mass is 16.5. The third-order valence-corrected chi connectivity index (χ3v) is 5.23. The molecule has 0 bridgehead atoms. The summed E-state index contributed by atoms with van der Waals surface area (Å²) in [5.74, 6) is 0.389. The molecular weight excluding hydrogens is 372 g/mol. The lowest BCUT2D eigenvalue weighted by atomic mass is 10.1. The van der Waals surface area contributed by atoms with Crippen LogP contribution in [0.25, 0.3) is 11.3 Å². The van der Waals surface area contributed by atoms with E-state index in [1.54, 1.807) is 12.4 Å². The first-order valence-electron chi connectivity index (χ1n) is 9.93. The van der Waals surface area contributed by atoms with Gasteiger partial charge in [-0.15, -0.1) is 0 Å². The number of anilines is 1. The lowest BCUT2D eigenvalue weighted by molar-refractivity contribution is -0.139. The number of morpholine rings is 2. The molecule has 154 valence electrons. The number of aromatic nitrogens is 3. The van der Waals surface area contributed by atoms with Crippen molar-refractivity contribution in [1.82, 2.24) is 24.8 Å². The molecule has 0 unspecified atom stereocenters. The molecule has 2 N–H and O–H groups in total. The van der Waals surface area contributed by atoms with Crippen molar-refractivity contribution in [3.05, 3.63) is 36.3 Å². The van der Waals surface area contributed by atoms with Crippen LogP contribution >= 0.6 is 0 Å². The summed E-state index contributed by atoms with van der Waals surface area (Å²) in [6, 6.07) is 5.75. The zero-order valence-corrected chi connectivity index (χ0v) is 16.4. The Morgan fingerprint density at radius 1 is 1.14 bits per heavy atom. The van der Waals surface area contributed by atoms with Crippen molar-refractivity contribution in [2.75, 3.05) is 58.3 Å². The van der Waals surface area contributed by atoms with Gasteiger partial charge in [-0.1, -0.05) is 6.07 Å². The van der Waals surface area contributed by atoms with E-state index in [0.717, 1.165) is 49.8 Å². The molecule has 9 heteroatoms. The van der Waals surface area contributed by atoms with Crippen LogP contribution in [0.4, 0.5) is 5.95 Å². The van der Waals surface area contributed by atoms with Crippen LogP contribution < -0.4 is 5.73 Å². The minimum absolute atomic E-state index is 0.160. The van der Waals surface area contributed by atoms with E-state index in [4.69, 9.17) is 20.2 Å². The highest BCUT2D eigenvalue weighted by Gasteiger charge is 2.26. The molecule has 0 spiro atoms. The fourth-order valence-corrected chi connectivity index (χ4v) is 3.55. The Hall–Kier alpha value is -2.62. The number of carbonyl (C=O) groups excluding carboxylic acids is 1. The van der Waals surface area contributed by atoms with Gasteiger partial charge in [0, 0.05) is 50.6 Å². The molecule has 2 saturated heterocycles. The van der Waals surface area contributed by atoms with Crippen molar-refractivity contribution < 1.29 is 14.3 Å². The molecule has 29 heavy (non-hydrogen) atoms. The third-order valence-electron chi connectivity index (χ3n) is 5.23. The Morgan fingerprint density at radius 3 is 2.72 bits per heavy atom. The van der Waals surface area contributed by atoms with Gasteiger partial charge >= 0.3 is 0 Å². The molecule has 1 atom stereocenters. The minimum Gasteiger partial charge on any atom is -0.379 e. The molecule has 4 rings (SSSR count). The van der Waals surface area contributed by atoms with Gasteiger partial charge < -0.3 is 20.1 Å². The van der Waals surface area contributed by atoms with Crippen LogP contribution in [0.1, 0.15) is 18.2 Å². The van der Waals surface area contributed by atoms with Gasteiger partial charge in [0.2, 0.25) is 11.9 Å². The molecule has 0 aromatic carbocycles. The van der Waals surface area contributed by atoms with Gasteiger partial charge in [-0.05, 0) is 12.1 Å². The normalized spacial score (nSPS) is 20.6. The maximum atomic E-state index is 12.7. The van der Waals surface area contributed by atoms with E-state index in [1.807, 2.05) is 23.1 Å². The largest absolute Gasteiger partial charge is 0.379 e. The zero-order valence-electron chi connectivity index (χ0n) is 16.4. The van der Waals surface area contributed by atoms with Gasteiger partial charge in [0.05, 0.1) is 37.8 Å². The van der Waals surface area contributed by atoms with E-state index in [1.165, 1.54) is 0 Å². The predicted molar refractivity (Wildman–Crippen MR) is 107 cm³/mol. The number of amides is 1. The van der Waals surface area contributed by atoms with E-state index in [0.29, 0.717) is 26.1 Å². The van der Waals surface area contributed by atoms with E-state index >= 15 is 0 Å². The number of hydrogen-bond donors (Lipinski definition) is 1. The summed E-state index contributed by atoms with van der Waals surface area (Å²) in [4.78, 5) is 29.6. The molecule has 4 heterocycles. The van der Waals surface area contributed by atoms with Gasteiger partial charge in [0.15, 0.2) is 0 Å². The quantitative estimate of drug-likeness (QED) is 0.786. The third kappa shape index (κ3) is 5.06. The summed E-state index contributed by atoms with van der Waals surface area (Å²) in [5.41, 5.74) is 7.89. The van der Waals surface area contributed by atoms with Crippen molar-refractivity contribution in [3.8, 4) is 11.3 Å². The minimum atomic E-state index is -0.245. The molecule has 2 aliphatic heterocycles. The Kier molecular flexibility index (Phi) is 6.28. The number of nitrogen functional groups attached to an aromatic ring is 1. The first-order chi connectivity index (χ1) is 14.2. The summed E-state index contributed by atoms with van der Waals surface area (Å²) in [6.07, 6.45) is 3.57. The van der Waals surface area contributed by atoms with E-state index in [9.17, 15) is 4.79 Å². The molecule has 2 aromatic heterocycles. The summed E-state index contributed by atoms with van der Waals surface area (Å²) in [5, 5.41) is 0. The van der Waals surface area contributed by atoms with E-state index in [-0.39, 0.29) is 18.0 Å². The smallest absolute Gasteiger partial charge is 0.224 e. The maximum absolute atomic E-state index is 12.7. The lowest BCUT2D eigenvalue weighted by Crippen LogP contribution is -2.44. The molecule has 2 aromatic rings. The summed E-state index contributed by atoms with van der Waals surface area (Å²) in [7, 11) is 0.